The molecule has 2 atom stereocenters. The highest BCUT2D eigenvalue weighted by atomic mass is 79.9. The molecule has 1 aliphatic carbocycles. The molecule has 0 radical (unpaired) electrons. The molecular weight excluding hydrogens is 290 g/mol. The Balaban J connectivity index is 2.04. The van der Waals surface area contributed by atoms with E-state index in [9.17, 15) is 0 Å². The van der Waals surface area contributed by atoms with Gasteiger partial charge < -0.3 is 4.90 Å². The van der Waals surface area contributed by atoms with Gasteiger partial charge in [0, 0.05) is 19.6 Å². The minimum Gasteiger partial charge on any atom is -0.300 e. The molecule has 0 N–H and O–H groups in total. The van der Waals surface area contributed by atoms with Crippen LogP contribution in [0.15, 0.2) is 4.47 Å². The summed E-state index contributed by atoms with van der Waals surface area (Å²) < 4.78 is 3.35. The smallest absolute Gasteiger partial charge is 0.0767 e. The lowest BCUT2D eigenvalue weighted by Crippen LogP contribution is -2.23. The van der Waals surface area contributed by atoms with Gasteiger partial charge in [0.05, 0.1) is 15.9 Å². The molecule has 3 nitrogen and oxygen atoms in total. The molecule has 0 aromatic carbocycles. The predicted octanol–water partition coefficient (Wildman–Crippen LogP) is 3.32. The third-order valence-corrected chi connectivity index (χ3v) is 4.85. The van der Waals surface area contributed by atoms with Crippen molar-refractivity contribution in [2.75, 3.05) is 13.6 Å². The van der Waals surface area contributed by atoms with E-state index < -0.39 is 0 Å². The Morgan fingerprint density at radius 2 is 2.11 bits per heavy atom. The fraction of sp³-hybridized carbons (Fsp3) is 0.786. The average Bonchev–Trinajstić information content (AvgIpc) is 2.93. The SMILES string of the molecule is CCc1nn(CC)c(CN(C)CC2CC2C)c1Br. The molecule has 102 valence electrons. The number of halogens is 1. The first-order valence-electron chi connectivity index (χ1n) is 6.99. The van der Waals surface area contributed by atoms with Crippen LogP contribution in [0.25, 0.3) is 0 Å². The number of nitrogens with zero attached hydrogens (tertiary/aromatic N) is 3. The van der Waals surface area contributed by atoms with E-state index in [2.05, 4.69) is 58.4 Å². The van der Waals surface area contributed by atoms with E-state index >= 15 is 0 Å². The van der Waals surface area contributed by atoms with Gasteiger partial charge in [-0.1, -0.05) is 13.8 Å². The molecule has 1 aliphatic rings. The van der Waals surface area contributed by atoms with Crippen LogP contribution in [0.3, 0.4) is 0 Å². The van der Waals surface area contributed by atoms with Crippen LogP contribution in [0, 0.1) is 11.8 Å². The van der Waals surface area contributed by atoms with Gasteiger partial charge in [-0.25, -0.2) is 0 Å². The maximum atomic E-state index is 4.65. The Hall–Kier alpha value is -0.350. The van der Waals surface area contributed by atoms with Gasteiger partial charge in [-0.05, 0) is 54.6 Å². The zero-order valence-electron chi connectivity index (χ0n) is 11.9. The Bertz CT molecular complexity index is 413. The molecule has 0 spiro atoms. The Morgan fingerprint density at radius 1 is 1.44 bits per heavy atom. The minimum atomic E-state index is 0.914. The van der Waals surface area contributed by atoms with Crippen molar-refractivity contribution in [2.24, 2.45) is 11.8 Å². The van der Waals surface area contributed by atoms with Crippen LogP contribution in [0.2, 0.25) is 0 Å². The fourth-order valence-corrected chi connectivity index (χ4v) is 3.23. The standard InChI is InChI=1S/C14H24BrN3/c1-5-12-14(15)13(18(6-2)16-12)9-17(4)8-11-7-10(11)3/h10-11H,5-9H2,1-4H3. The molecule has 2 rings (SSSR count). The Labute approximate surface area is 119 Å². The molecule has 0 amide bonds. The second kappa shape index (κ2) is 5.74. The van der Waals surface area contributed by atoms with Gasteiger partial charge in [0.1, 0.15) is 0 Å². The number of rotatable bonds is 6. The van der Waals surface area contributed by atoms with Crippen LogP contribution in [0.1, 0.15) is 38.6 Å². The lowest BCUT2D eigenvalue weighted by atomic mass is 10.2. The number of aromatic nitrogens is 2. The molecule has 1 aromatic heterocycles. The van der Waals surface area contributed by atoms with Gasteiger partial charge in [0.25, 0.3) is 0 Å². The molecule has 1 aromatic rings. The van der Waals surface area contributed by atoms with E-state index in [1.807, 2.05) is 0 Å². The van der Waals surface area contributed by atoms with Crippen LogP contribution in [-0.4, -0.2) is 28.3 Å². The highest BCUT2D eigenvalue weighted by Crippen LogP contribution is 2.38. The van der Waals surface area contributed by atoms with Gasteiger partial charge in [0.15, 0.2) is 0 Å². The van der Waals surface area contributed by atoms with Crippen LogP contribution in [-0.2, 0) is 19.5 Å². The van der Waals surface area contributed by atoms with Crippen LogP contribution < -0.4 is 0 Å². The van der Waals surface area contributed by atoms with Crippen LogP contribution >= 0.6 is 15.9 Å². The van der Waals surface area contributed by atoms with Crippen LogP contribution in [0.5, 0.6) is 0 Å². The first-order chi connectivity index (χ1) is 8.56. The van der Waals surface area contributed by atoms with Gasteiger partial charge in [-0.15, -0.1) is 0 Å². The largest absolute Gasteiger partial charge is 0.300 e. The third kappa shape index (κ3) is 2.97. The lowest BCUT2D eigenvalue weighted by molar-refractivity contribution is 0.297. The summed E-state index contributed by atoms with van der Waals surface area (Å²) >= 11 is 3.72. The zero-order valence-corrected chi connectivity index (χ0v) is 13.5. The normalized spacial score (nSPS) is 22.8. The van der Waals surface area contributed by atoms with E-state index in [4.69, 9.17) is 0 Å². The van der Waals surface area contributed by atoms with Gasteiger partial charge in [-0.2, -0.15) is 5.10 Å². The monoisotopic (exact) mass is 313 g/mol. The second-order valence-corrected chi connectivity index (χ2v) is 6.34. The van der Waals surface area contributed by atoms with E-state index in [1.165, 1.54) is 28.8 Å². The highest BCUT2D eigenvalue weighted by molar-refractivity contribution is 9.10. The van der Waals surface area contributed by atoms with Crippen molar-refractivity contribution < 1.29 is 0 Å². The maximum Gasteiger partial charge on any atom is 0.0767 e. The summed E-state index contributed by atoms with van der Waals surface area (Å²) in [5, 5.41) is 4.65. The van der Waals surface area contributed by atoms with Crippen molar-refractivity contribution in [3.8, 4) is 0 Å². The van der Waals surface area contributed by atoms with Crippen molar-refractivity contribution in [1.29, 1.82) is 0 Å². The predicted molar refractivity (Wildman–Crippen MR) is 78.6 cm³/mol. The molecule has 1 saturated carbocycles. The summed E-state index contributed by atoms with van der Waals surface area (Å²) in [5.74, 6) is 1.84. The van der Waals surface area contributed by atoms with Gasteiger partial charge in [0.2, 0.25) is 0 Å². The summed E-state index contributed by atoms with van der Waals surface area (Å²) in [7, 11) is 2.22. The molecule has 1 fully saturated rings. The Kier molecular flexibility index (Phi) is 4.49. The maximum absolute atomic E-state index is 4.65. The molecule has 0 bridgehead atoms. The molecule has 2 unspecified atom stereocenters. The first kappa shape index (κ1) is 14.1. The molecular formula is C14H24BrN3. The molecule has 0 saturated heterocycles. The summed E-state index contributed by atoms with van der Waals surface area (Å²) in [6.45, 7) is 9.81. The molecule has 0 aliphatic heterocycles. The molecule has 4 heteroatoms. The van der Waals surface area contributed by atoms with Crippen molar-refractivity contribution >= 4 is 15.9 Å². The van der Waals surface area contributed by atoms with Crippen molar-refractivity contribution in [3.05, 3.63) is 15.9 Å². The summed E-state index contributed by atoms with van der Waals surface area (Å²) in [5.41, 5.74) is 2.50. The van der Waals surface area contributed by atoms with Crippen LogP contribution in [0.4, 0.5) is 0 Å². The Morgan fingerprint density at radius 3 is 2.61 bits per heavy atom. The van der Waals surface area contributed by atoms with Crippen molar-refractivity contribution in [1.82, 2.24) is 14.7 Å². The first-order valence-corrected chi connectivity index (χ1v) is 7.78. The summed E-state index contributed by atoms with van der Waals surface area (Å²) in [4.78, 5) is 2.43. The zero-order chi connectivity index (χ0) is 13.3. The highest BCUT2D eigenvalue weighted by Gasteiger charge is 2.33. The average molecular weight is 314 g/mol. The number of aryl methyl sites for hydroxylation is 2. The topological polar surface area (TPSA) is 21.1 Å². The molecule has 1 heterocycles. The van der Waals surface area contributed by atoms with E-state index in [0.29, 0.717) is 0 Å². The summed E-state index contributed by atoms with van der Waals surface area (Å²) in [6.07, 6.45) is 2.39. The van der Waals surface area contributed by atoms with Crippen molar-refractivity contribution in [3.63, 3.8) is 0 Å². The van der Waals surface area contributed by atoms with E-state index in [1.54, 1.807) is 0 Å². The second-order valence-electron chi connectivity index (χ2n) is 5.55. The van der Waals surface area contributed by atoms with E-state index in [0.717, 1.165) is 31.3 Å². The quantitative estimate of drug-likeness (QED) is 0.803. The fourth-order valence-electron chi connectivity index (χ4n) is 2.54. The van der Waals surface area contributed by atoms with E-state index in [-0.39, 0.29) is 0 Å². The lowest BCUT2D eigenvalue weighted by Gasteiger charge is -2.17. The van der Waals surface area contributed by atoms with Gasteiger partial charge in [-0.3, -0.25) is 4.68 Å². The van der Waals surface area contributed by atoms with Gasteiger partial charge >= 0.3 is 0 Å². The van der Waals surface area contributed by atoms with Crippen molar-refractivity contribution in [2.45, 2.75) is 46.7 Å². The minimum absolute atomic E-state index is 0.914. The molecule has 18 heavy (non-hydrogen) atoms. The summed E-state index contributed by atoms with van der Waals surface area (Å²) in [6, 6.07) is 0. The number of hydrogen-bond donors (Lipinski definition) is 0. The third-order valence-electron chi connectivity index (χ3n) is 3.94. The number of hydrogen-bond acceptors (Lipinski definition) is 2.